The molecule has 1 saturated carbocycles. The number of pyridine rings is 1. The summed E-state index contributed by atoms with van der Waals surface area (Å²) in [6.45, 7) is 2.72. The van der Waals surface area contributed by atoms with Crippen LogP contribution in [0.25, 0.3) is 16.6 Å². The second kappa shape index (κ2) is 9.49. The number of fused-ring (bicyclic) bond motifs is 1. The molecule has 1 fully saturated rings. The van der Waals surface area contributed by atoms with Crippen molar-refractivity contribution >= 4 is 56.6 Å². The molecule has 1 aliphatic rings. The van der Waals surface area contributed by atoms with Crippen molar-refractivity contribution in [3.8, 4) is 5.69 Å². The predicted molar refractivity (Wildman–Crippen MR) is 149 cm³/mol. The second-order valence-corrected chi connectivity index (χ2v) is 10.4. The molecule has 0 spiro atoms. The zero-order valence-electron chi connectivity index (χ0n) is 20.6. The largest absolute Gasteiger partial charge is 0.338 e. The highest BCUT2D eigenvalue weighted by molar-refractivity contribution is 14.1. The van der Waals surface area contributed by atoms with Crippen molar-refractivity contribution in [3.05, 3.63) is 88.4 Å². The van der Waals surface area contributed by atoms with E-state index >= 15 is 4.39 Å². The van der Waals surface area contributed by atoms with Gasteiger partial charge in [0.25, 0.3) is 11.1 Å². The van der Waals surface area contributed by atoms with Crippen molar-refractivity contribution in [2.24, 2.45) is 7.05 Å². The molecular formula is C26H22F2IN5O4. The number of carbonyl (C=O) groups excluding carboxylic acids is 1. The molecule has 0 saturated heterocycles. The lowest BCUT2D eigenvalue weighted by atomic mass is 10.1. The summed E-state index contributed by atoms with van der Waals surface area (Å²) in [6.07, 6.45) is 1.16. The lowest BCUT2D eigenvalue weighted by Gasteiger charge is -2.21. The molecule has 0 aliphatic heterocycles. The van der Waals surface area contributed by atoms with Gasteiger partial charge in [0.2, 0.25) is 5.91 Å². The highest BCUT2D eigenvalue weighted by atomic mass is 127. The fourth-order valence-electron chi connectivity index (χ4n) is 4.52. The second-order valence-electron chi connectivity index (χ2n) is 9.18. The van der Waals surface area contributed by atoms with Crippen molar-refractivity contribution < 1.29 is 13.6 Å². The number of hydrogen-bond acceptors (Lipinski definition) is 5. The van der Waals surface area contributed by atoms with Gasteiger partial charge in [-0.25, -0.2) is 13.6 Å². The highest BCUT2D eigenvalue weighted by Gasteiger charge is 2.32. The SMILES string of the molecule is CC(=O)Nc1ccc(F)c(-n2c(=O)n(C3CC3)c(=O)c3c(Nc4ccc(I)cc4F)n(C)c(=O)c(C)c32)c1. The Morgan fingerprint density at radius 1 is 1.03 bits per heavy atom. The van der Waals surface area contributed by atoms with Crippen molar-refractivity contribution in [2.45, 2.75) is 32.7 Å². The van der Waals surface area contributed by atoms with E-state index < -0.39 is 40.4 Å². The van der Waals surface area contributed by atoms with Crippen molar-refractivity contribution in [2.75, 3.05) is 10.6 Å². The zero-order chi connectivity index (χ0) is 27.5. The van der Waals surface area contributed by atoms with Gasteiger partial charge in [0.05, 0.1) is 16.9 Å². The van der Waals surface area contributed by atoms with Gasteiger partial charge in [-0.1, -0.05) is 0 Å². The van der Waals surface area contributed by atoms with E-state index in [-0.39, 0.29) is 39.3 Å². The molecule has 9 nitrogen and oxygen atoms in total. The van der Waals surface area contributed by atoms with Crippen LogP contribution in [-0.2, 0) is 11.8 Å². The topological polar surface area (TPSA) is 107 Å². The Bertz CT molecular complexity index is 1840. The van der Waals surface area contributed by atoms with Crippen molar-refractivity contribution in [1.82, 2.24) is 13.7 Å². The number of amides is 1. The number of rotatable bonds is 5. The number of nitrogens with one attached hydrogen (secondary N) is 2. The van der Waals surface area contributed by atoms with Crippen LogP contribution in [-0.4, -0.2) is 19.6 Å². The van der Waals surface area contributed by atoms with E-state index in [1.165, 1.54) is 49.7 Å². The Hall–Kier alpha value is -3.81. The number of anilines is 3. The van der Waals surface area contributed by atoms with Crippen LogP contribution in [0.3, 0.4) is 0 Å². The maximum absolute atomic E-state index is 15.3. The Labute approximate surface area is 227 Å². The van der Waals surface area contributed by atoms with Crippen LogP contribution in [0.15, 0.2) is 50.8 Å². The van der Waals surface area contributed by atoms with E-state index in [2.05, 4.69) is 10.6 Å². The molecule has 0 atom stereocenters. The molecule has 5 rings (SSSR count). The molecule has 2 heterocycles. The van der Waals surface area contributed by atoms with Gasteiger partial charge in [-0.15, -0.1) is 0 Å². The van der Waals surface area contributed by atoms with Crippen LogP contribution in [0.1, 0.15) is 31.4 Å². The van der Waals surface area contributed by atoms with Gasteiger partial charge in [-0.2, -0.15) is 0 Å². The third-order valence-corrected chi connectivity index (χ3v) is 7.12. The molecule has 12 heteroatoms. The molecule has 2 aromatic carbocycles. The minimum atomic E-state index is -0.813. The molecule has 0 unspecified atom stereocenters. The number of aryl methyl sites for hydroxylation is 1. The number of hydrogen-bond donors (Lipinski definition) is 2. The Kier molecular flexibility index (Phi) is 6.45. The Balaban J connectivity index is 1.93. The molecule has 38 heavy (non-hydrogen) atoms. The smallest absolute Gasteiger partial charge is 0.336 e. The Morgan fingerprint density at radius 2 is 1.74 bits per heavy atom. The minimum Gasteiger partial charge on any atom is -0.338 e. The zero-order valence-corrected chi connectivity index (χ0v) is 22.7. The van der Waals surface area contributed by atoms with Gasteiger partial charge in [-0.05, 0) is 78.8 Å². The molecule has 0 bridgehead atoms. The van der Waals surface area contributed by atoms with Crippen molar-refractivity contribution in [3.63, 3.8) is 0 Å². The molecule has 2 aromatic heterocycles. The molecule has 1 aliphatic carbocycles. The summed E-state index contributed by atoms with van der Waals surface area (Å²) in [5, 5.41) is 5.34. The first-order valence-electron chi connectivity index (χ1n) is 11.7. The van der Waals surface area contributed by atoms with E-state index in [0.29, 0.717) is 16.4 Å². The third kappa shape index (κ3) is 4.31. The van der Waals surface area contributed by atoms with Gasteiger partial charge in [0.1, 0.15) is 22.8 Å². The van der Waals surface area contributed by atoms with Gasteiger partial charge in [0.15, 0.2) is 0 Å². The number of aromatic nitrogens is 3. The third-order valence-electron chi connectivity index (χ3n) is 6.45. The first kappa shape index (κ1) is 25.8. The number of benzene rings is 2. The predicted octanol–water partition coefficient (Wildman–Crippen LogP) is 4.08. The van der Waals surface area contributed by atoms with E-state index in [1.54, 1.807) is 6.07 Å². The van der Waals surface area contributed by atoms with Gasteiger partial charge in [-0.3, -0.25) is 28.1 Å². The first-order chi connectivity index (χ1) is 18.0. The number of halogens is 3. The maximum atomic E-state index is 15.3. The molecule has 0 radical (unpaired) electrons. The van der Waals surface area contributed by atoms with Gasteiger partial charge < -0.3 is 10.6 Å². The van der Waals surface area contributed by atoms with Crippen LogP contribution in [0, 0.1) is 22.1 Å². The van der Waals surface area contributed by atoms with Crippen LogP contribution in [0.2, 0.25) is 0 Å². The number of nitrogens with zero attached hydrogens (tertiary/aromatic N) is 3. The molecule has 1 amide bonds. The summed E-state index contributed by atoms with van der Waals surface area (Å²) in [7, 11) is 1.43. The minimum absolute atomic E-state index is 0.0135. The Morgan fingerprint density at radius 3 is 2.37 bits per heavy atom. The van der Waals surface area contributed by atoms with Crippen LogP contribution in [0.5, 0.6) is 0 Å². The summed E-state index contributed by atoms with van der Waals surface area (Å²) in [5.41, 5.74) is -2.14. The molecule has 4 aromatic rings. The fraction of sp³-hybridized carbons (Fsp3) is 0.231. The lowest BCUT2D eigenvalue weighted by molar-refractivity contribution is -0.114. The average molecular weight is 633 g/mol. The lowest BCUT2D eigenvalue weighted by Crippen LogP contribution is -2.41. The van der Waals surface area contributed by atoms with Gasteiger partial charge in [0, 0.05) is 34.8 Å². The average Bonchev–Trinajstić information content (AvgIpc) is 3.68. The summed E-state index contributed by atoms with van der Waals surface area (Å²) in [6, 6.07) is 7.71. The van der Waals surface area contributed by atoms with E-state index in [1.807, 2.05) is 22.6 Å². The highest BCUT2D eigenvalue weighted by Crippen LogP contribution is 2.34. The summed E-state index contributed by atoms with van der Waals surface area (Å²) >= 11 is 1.96. The molecular weight excluding hydrogens is 611 g/mol. The monoisotopic (exact) mass is 633 g/mol. The molecule has 196 valence electrons. The normalized spacial score (nSPS) is 13.1. The van der Waals surface area contributed by atoms with E-state index in [9.17, 15) is 23.6 Å². The van der Waals surface area contributed by atoms with Crippen LogP contribution >= 0.6 is 22.6 Å². The van der Waals surface area contributed by atoms with Gasteiger partial charge >= 0.3 is 5.69 Å². The maximum Gasteiger partial charge on any atom is 0.336 e. The van der Waals surface area contributed by atoms with Crippen molar-refractivity contribution in [1.29, 1.82) is 0 Å². The first-order valence-corrected chi connectivity index (χ1v) is 12.8. The summed E-state index contributed by atoms with van der Waals surface area (Å²) in [4.78, 5) is 52.5. The molecule has 2 N–H and O–H groups in total. The fourth-order valence-corrected chi connectivity index (χ4v) is 4.98. The van der Waals surface area contributed by atoms with Crippen LogP contribution < -0.4 is 27.4 Å². The summed E-state index contributed by atoms with van der Waals surface area (Å²) in [5.74, 6) is -1.86. The standard InChI is InChI=1S/C26H22F2IN5O4/c1-12-22-21(23(32(3)24(12)36)31-19-9-4-14(29)10-18(19)28)25(37)33(16-6-7-16)26(38)34(22)20-11-15(30-13(2)35)5-8-17(20)27/h4-5,8-11,16,31H,6-7H2,1-3H3,(H,30,35). The summed E-state index contributed by atoms with van der Waals surface area (Å²) < 4.78 is 33.9. The quantitative estimate of drug-likeness (QED) is 0.323. The van der Waals surface area contributed by atoms with Crippen LogP contribution in [0.4, 0.5) is 26.0 Å². The number of carbonyl (C=O) groups is 1. The van der Waals surface area contributed by atoms with E-state index in [0.717, 1.165) is 15.2 Å². The van der Waals surface area contributed by atoms with E-state index in [4.69, 9.17) is 0 Å².